The van der Waals surface area contributed by atoms with Gasteiger partial charge in [-0.2, -0.15) is 0 Å². The summed E-state index contributed by atoms with van der Waals surface area (Å²) in [5.41, 5.74) is 12.4. The highest BCUT2D eigenvalue weighted by Crippen LogP contribution is 2.38. The maximum Gasteiger partial charge on any atom is 0.115 e. The van der Waals surface area contributed by atoms with Gasteiger partial charge >= 0.3 is 0 Å². The van der Waals surface area contributed by atoms with Crippen molar-refractivity contribution >= 4 is 39.6 Å². The Morgan fingerprint density at radius 2 is 1.07 bits per heavy atom. The van der Waals surface area contributed by atoms with Crippen molar-refractivity contribution in [3.63, 3.8) is 0 Å². The first-order valence-electron chi connectivity index (χ1n) is 14.1. The van der Waals surface area contributed by atoms with Gasteiger partial charge in [-0.3, -0.25) is 0 Å². The average molecular weight is 553 g/mol. The topological polar surface area (TPSA) is 69.7 Å². The van der Waals surface area contributed by atoms with E-state index in [9.17, 15) is 5.11 Å². The van der Waals surface area contributed by atoms with E-state index in [1.54, 1.807) is 12.1 Å². The summed E-state index contributed by atoms with van der Waals surface area (Å²) in [6, 6.07) is 27.8. The Morgan fingerprint density at radius 3 is 1.84 bits per heavy atom. The molecule has 8 bridgehead atoms. The molecule has 5 heterocycles. The normalized spacial score (nSPS) is 18.4. The fourth-order valence-corrected chi connectivity index (χ4v) is 5.70. The van der Waals surface area contributed by atoms with Crippen LogP contribution in [-0.2, 0) is 0 Å². The number of phenols is 1. The van der Waals surface area contributed by atoms with Crippen molar-refractivity contribution in [2.24, 2.45) is 20.0 Å². The molecule has 202 valence electrons. The number of hydrogen-bond acceptors (Lipinski definition) is 5. The van der Waals surface area contributed by atoms with Crippen molar-refractivity contribution < 1.29 is 5.11 Å². The molecule has 5 nitrogen and oxygen atoms in total. The van der Waals surface area contributed by atoms with E-state index in [0.717, 1.165) is 79.0 Å². The van der Waals surface area contributed by atoms with Gasteiger partial charge in [0.1, 0.15) is 5.75 Å². The molecule has 0 saturated carbocycles. The first-order valence-corrected chi connectivity index (χ1v) is 14.1. The molecule has 8 rings (SSSR count). The number of benzene rings is 3. The molecule has 5 heteroatoms. The van der Waals surface area contributed by atoms with Gasteiger partial charge in [0.05, 0.1) is 45.6 Å². The van der Waals surface area contributed by atoms with Gasteiger partial charge in [0.2, 0.25) is 0 Å². The van der Waals surface area contributed by atoms with Crippen LogP contribution < -0.4 is 0 Å². The SMILES string of the molecule is Oc1ccc(C2=CC3=CC4=NC(=CC5=NC(=C(c6ccccc6)C6=NC(=C(c7ccccc7)C2=N3)C=C6)C=C5)C=C4)cc1. The smallest absolute Gasteiger partial charge is 0.115 e. The minimum absolute atomic E-state index is 0.217. The Bertz CT molecular complexity index is 2070. The van der Waals surface area contributed by atoms with Crippen LogP contribution in [0.5, 0.6) is 5.75 Å². The molecule has 0 unspecified atom stereocenters. The molecule has 1 N–H and O–H groups in total. The first kappa shape index (κ1) is 24.8. The van der Waals surface area contributed by atoms with Gasteiger partial charge in [-0.05, 0) is 83.5 Å². The van der Waals surface area contributed by atoms with Gasteiger partial charge in [0.15, 0.2) is 0 Å². The lowest BCUT2D eigenvalue weighted by atomic mass is 9.91. The second kappa shape index (κ2) is 10.2. The number of nitrogens with zero attached hydrogens (tertiary/aromatic N) is 4. The van der Waals surface area contributed by atoms with E-state index in [1.807, 2.05) is 85.0 Å². The van der Waals surface area contributed by atoms with Gasteiger partial charge in [-0.1, -0.05) is 72.8 Å². The van der Waals surface area contributed by atoms with Gasteiger partial charge in [-0.25, -0.2) is 20.0 Å². The minimum atomic E-state index is 0.217. The van der Waals surface area contributed by atoms with Crippen LogP contribution in [0.25, 0.3) is 16.7 Å². The summed E-state index contributed by atoms with van der Waals surface area (Å²) in [4.78, 5) is 20.3. The lowest BCUT2D eigenvalue weighted by molar-refractivity contribution is 0.475. The number of hydrogen-bond donors (Lipinski definition) is 1. The van der Waals surface area contributed by atoms with E-state index >= 15 is 0 Å². The van der Waals surface area contributed by atoms with Gasteiger partial charge in [0, 0.05) is 16.7 Å². The van der Waals surface area contributed by atoms with Gasteiger partial charge in [0.25, 0.3) is 0 Å². The Balaban J connectivity index is 1.42. The van der Waals surface area contributed by atoms with E-state index in [1.165, 1.54) is 0 Å². The molecule has 0 amide bonds. The van der Waals surface area contributed by atoms with Crippen LogP contribution in [-0.4, -0.2) is 28.0 Å². The van der Waals surface area contributed by atoms with Crippen molar-refractivity contribution in [2.75, 3.05) is 0 Å². The molecule has 0 atom stereocenters. The number of phenolic OH excluding ortho intramolecular Hbond substituents is 1. The predicted octanol–water partition coefficient (Wildman–Crippen LogP) is 7.87. The highest BCUT2D eigenvalue weighted by atomic mass is 16.3. The first-order chi connectivity index (χ1) is 21.2. The van der Waals surface area contributed by atoms with Crippen LogP contribution in [0, 0.1) is 0 Å². The Morgan fingerprint density at radius 1 is 0.442 bits per heavy atom. The van der Waals surface area contributed by atoms with E-state index in [2.05, 4.69) is 42.5 Å². The zero-order chi connectivity index (χ0) is 28.8. The van der Waals surface area contributed by atoms with E-state index in [4.69, 9.17) is 20.0 Å². The molecule has 5 aliphatic heterocycles. The monoisotopic (exact) mass is 552 g/mol. The van der Waals surface area contributed by atoms with Gasteiger partial charge < -0.3 is 5.11 Å². The third-order valence-electron chi connectivity index (χ3n) is 7.67. The van der Waals surface area contributed by atoms with Crippen LogP contribution in [0.2, 0.25) is 0 Å². The average Bonchev–Trinajstić information content (AvgIpc) is 3.85. The van der Waals surface area contributed by atoms with Crippen molar-refractivity contribution in [3.05, 3.63) is 179 Å². The number of fused-ring (bicyclic) bond motifs is 4. The molecule has 0 aromatic heterocycles. The molecule has 0 radical (unpaired) electrons. The molecule has 3 aromatic carbocycles. The molecular formula is C38H24N4O. The highest BCUT2D eigenvalue weighted by Gasteiger charge is 2.27. The van der Waals surface area contributed by atoms with Crippen molar-refractivity contribution in [3.8, 4) is 5.75 Å². The number of aliphatic imine (C=N–C) groups is 4. The second-order valence-corrected chi connectivity index (χ2v) is 10.5. The third-order valence-corrected chi connectivity index (χ3v) is 7.67. The van der Waals surface area contributed by atoms with Crippen LogP contribution in [0.3, 0.4) is 0 Å². The molecule has 43 heavy (non-hydrogen) atoms. The minimum Gasteiger partial charge on any atom is -0.508 e. The number of allylic oxidation sites excluding steroid dienone is 12. The molecule has 0 fully saturated rings. The maximum atomic E-state index is 10.0. The Hall–Kier alpha value is -5.94. The fourth-order valence-electron chi connectivity index (χ4n) is 5.70. The zero-order valence-electron chi connectivity index (χ0n) is 23.0. The summed E-state index contributed by atoms with van der Waals surface area (Å²) < 4.78 is 0. The summed E-state index contributed by atoms with van der Waals surface area (Å²) in [7, 11) is 0. The van der Waals surface area contributed by atoms with Crippen LogP contribution in [0.4, 0.5) is 0 Å². The lowest BCUT2D eigenvalue weighted by Gasteiger charge is -2.14. The van der Waals surface area contributed by atoms with Crippen molar-refractivity contribution in [2.45, 2.75) is 0 Å². The summed E-state index contributed by atoms with van der Waals surface area (Å²) in [5, 5.41) is 10.0. The van der Waals surface area contributed by atoms with Crippen LogP contribution >= 0.6 is 0 Å². The Kier molecular flexibility index (Phi) is 5.86. The van der Waals surface area contributed by atoms with E-state index in [-0.39, 0.29) is 5.75 Å². The standard InChI is InChI=1S/C38H24N4O/c43-31-16-11-24(12-17-31)32-23-30-22-28-14-13-27(39-28)21-29-15-18-33(40-29)36(25-7-3-1-4-8-25)34-19-20-35(42-34)37(38(32)41-30)26-9-5-2-6-10-26/h1-23,43H. The third kappa shape index (κ3) is 4.63. The molecule has 3 aromatic rings. The fraction of sp³-hybridized carbons (Fsp3) is 0. The maximum absolute atomic E-state index is 10.0. The largest absolute Gasteiger partial charge is 0.508 e. The van der Waals surface area contributed by atoms with E-state index < -0.39 is 0 Å². The predicted molar refractivity (Wildman–Crippen MR) is 176 cm³/mol. The van der Waals surface area contributed by atoms with Crippen molar-refractivity contribution in [1.29, 1.82) is 0 Å². The number of rotatable bonds is 3. The van der Waals surface area contributed by atoms with Crippen LogP contribution in [0.1, 0.15) is 16.7 Å². The molecule has 5 aliphatic rings. The highest BCUT2D eigenvalue weighted by molar-refractivity contribution is 6.47. The summed E-state index contributed by atoms with van der Waals surface area (Å²) >= 11 is 0. The molecule has 0 saturated heterocycles. The summed E-state index contributed by atoms with van der Waals surface area (Å²) in [5.74, 6) is 0.217. The van der Waals surface area contributed by atoms with Gasteiger partial charge in [-0.15, -0.1) is 0 Å². The molecule has 0 aliphatic carbocycles. The summed E-state index contributed by atoms with van der Waals surface area (Å²) in [6.45, 7) is 0. The Labute approximate surface area is 249 Å². The molecular weight excluding hydrogens is 528 g/mol. The van der Waals surface area contributed by atoms with Crippen LogP contribution in [0.15, 0.2) is 182 Å². The lowest BCUT2D eigenvalue weighted by Crippen LogP contribution is -2.06. The van der Waals surface area contributed by atoms with E-state index in [0.29, 0.717) is 0 Å². The van der Waals surface area contributed by atoms with Crippen molar-refractivity contribution in [1.82, 2.24) is 0 Å². The number of aromatic hydroxyl groups is 1. The summed E-state index contributed by atoms with van der Waals surface area (Å²) in [6.07, 6.45) is 18.3. The zero-order valence-corrected chi connectivity index (χ0v) is 23.0. The second-order valence-electron chi connectivity index (χ2n) is 10.5. The quantitative estimate of drug-likeness (QED) is 0.353. The molecule has 0 spiro atoms.